The van der Waals surface area contributed by atoms with Crippen LogP contribution in [-0.4, -0.2) is 29.8 Å². The third-order valence-electron chi connectivity index (χ3n) is 7.20. The van der Waals surface area contributed by atoms with Gasteiger partial charge >= 0.3 is 0 Å². The van der Waals surface area contributed by atoms with Crippen molar-refractivity contribution in [1.29, 1.82) is 0 Å². The number of nitrogens with zero attached hydrogens (tertiary/aromatic N) is 1. The van der Waals surface area contributed by atoms with Gasteiger partial charge in [-0.1, -0.05) is 80.0 Å². The van der Waals surface area contributed by atoms with E-state index in [1.54, 1.807) is 24.3 Å². The summed E-state index contributed by atoms with van der Waals surface area (Å²) in [5.41, 5.74) is 6.85. The van der Waals surface area contributed by atoms with E-state index in [4.69, 9.17) is 11.6 Å². The average Bonchev–Trinajstić information content (AvgIpc) is 3.33. The molecule has 208 valence electrons. The van der Waals surface area contributed by atoms with Gasteiger partial charge in [-0.15, -0.1) is 0 Å². The van der Waals surface area contributed by atoms with E-state index in [1.165, 1.54) is 5.56 Å². The Morgan fingerprint density at radius 2 is 1.59 bits per heavy atom. The van der Waals surface area contributed by atoms with Gasteiger partial charge < -0.3 is 16.0 Å². The summed E-state index contributed by atoms with van der Waals surface area (Å²) in [5, 5.41) is 10.0. The molecule has 4 aromatic rings. The molecule has 0 saturated heterocycles. The minimum Gasteiger partial charge on any atom is -0.354 e. The predicted octanol–water partition coefficient (Wildman–Crippen LogP) is 7.04. The van der Waals surface area contributed by atoms with Crippen LogP contribution in [0.3, 0.4) is 0 Å². The molecule has 0 bridgehead atoms. The van der Waals surface area contributed by atoms with Crippen molar-refractivity contribution in [3.63, 3.8) is 0 Å². The first kappa shape index (κ1) is 28.1. The molecule has 6 nitrogen and oxygen atoms in total. The Labute approximate surface area is 246 Å². The lowest BCUT2D eigenvalue weighted by molar-refractivity contribution is -0.110. The van der Waals surface area contributed by atoms with Crippen LogP contribution in [0.2, 0.25) is 5.02 Å². The summed E-state index contributed by atoms with van der Waals surface area (Å²) in [5.74, 6) is -0.453. The fraction of sp³-hybridized carbons (Fsp3) is 0.176. The highest BCUT2D eigenvalue weighted by molar-refractivity contribution is 6.37. The number of benzene rings is 4. The van der Waals surface area contributed by atoms with E-state index in [-0.39, 0.29) is 11.8 Å². The number of halogens is 1. The first-order chi connectivity index (χ1) is 19.9. The molecule has 0 saturated carbocycles. The smallest absolute Gasteiger partial charge is 0.258 e. The second-order valence-corrected chi connectivity index (χ2v) is 10.4. The van der Waals surface area contributed by atoms with Crippen molar-refractivity contribution in [2.75, 3.05) is 23.7 Å². The minimum absolute atomic E-state index is 0.221. The molecule has 4 aromatic carbocycles. The summed E-state index contributed by atoms with van der Waals surface area (Å²) in [4.78, 5) is 28.8. The molecular weight excluding hydrogens is 532 g/mol. The molecule has 0 atom stereocenters. The van der Waals surface area contributed by atoms with E-state index in [0.29, 0.717) is 39.7 Å². The van der Waals surface area contributed by atoms with Crippen LogP contribution in [0, 0.1) is 0 Å². The van der Waals surface area contributed by atoms with E-state index in [0.717, 1.165) is 36.4 Å². The molecule has 5 rings (SSSR count). The summed E-state index contributed by atoms with van der Waals surface area (Å²) in [6, 6.07) is 30.7. The third-order valence-corrected chi connectivity index (χ3v) is 7.44. The molecule has 0 aromatic heterocycles. The molecule has 41 heavy (non-hydrogen) atoms. The van der Waals surface area contributed by atoms with E-state index in [2.05, 4.69) is 46.8 Å². The van der Waals surface area contributed by atoms with Crippen LogP contribution in [0.25, 0.3) is 11.3 Å². The van der Waals surface area contributed by atoms with E-state index >= 15 is 0 Å². The van der Waals surface area contributed by atoms with Crippen LogP contribution in [-0.2, 0) is 17.9 Å². The number of amides is 2. The van der Waals surface area contributed by atoms with Gasteiger partial charge in [-0.2, -0.15) is 0 Å². The van der Waals surface area contributed by atoms with Crippen molar-refractivity contribution in [2.45, 2.75) is 26.9 Å². The van der Waals surface area contributed by atoms with Crippen LogP contribution in [0.5, 0.6) is 0 Å². The van der Waals surface area contributed by atoms with Crippen molar-refractivity contribution in [2.24, 2.45) is 0 Å². The lowest BCUT2D eigenvalue weighted by Gasteiger charge is -2.19. The van der Waals surface area contributed by atoms with Gasteiger partial charge in [0.25, 0.3) is 11.8 Å². The van der Waals surface area contributed by atoms with Crippen LogP contribution >= 0.6 is 11.6 Å². The fourth-order valence-electron chi connectivity index (χ4n) is 4.92. The highest BCUT2D eigenvalue weighted by Gasteiger charge is 2.29. The van der Waals surface area contributed by atoms with Crippen molar-refractivity contribution in [1.82, 2.24) is 10.2 Å². The highest BCUT2D eigenvalue weighted by Crippen LogP contribution is 2.38. The zero-order valence-corrected chi connectivity index (χ0v) is 24.0. The van der Waals surface area contributed by atoms with Gasteiger partial charge in [-0.05, 0) is 72.2 Å². The van der Waals surface area contributed by atoms with Crippen molar-refractivity contribution < 1.29 is 9.59 Å². The number of carbonyl (C=O) groups is 2. The Bertz CT molecular complexity index is 1580. The van der Waals surface area contributed by atoms with Gasteiger partial charge in [0.1, 0.15) is 0 Å². The Balaban J connectivity index is 1.46. The Morgan fingerprint density at radius 1 is 0.829 bits per heavy atom. The second kappa shape index (κ2) is 12.9. The number of hydrogen-bond acceptors (Lipinski definition) is 4. The van der Waals surface area contributed by atoms with E-state index < -0.39 is 0 Å². The van der Waals surface area contributed by atoms with Gasteiger partial charge in [0.05, 0.1) is 11.3 Å². The molecule has 0 radical (unpaired) electrons. The summed E-state index contributed by atoms with van der Waals surface area (Å²) < 4.78 is 0. The topological polar surface area (TPSA) is 73.5 Å². The molecule has 0 unspecified atom stereocenters. The number of carbonyl (C=O) groups excluding carboxylic acids is 2. The monoisotopic (exact) mass is 564 g/mol. The van der Waals surface area contributed by atoms with Crippen molar-refractivity contribution >= 4 is 46.1 Å². The molecule has 0 spiro atoms. The fourth-order valence-corrected chi connectivity index (χ4v) is 5.13. The molecule has 7 heteroatoms. The van der Waals surface area contributed by atoms with Crippen molar-refractivity contribution in [3.8, 4) is 0 Å². The molecular formula is C34H33ClN4O2. The van der Waals surface area contributed by atoms with Crippen LogP contribution in [0.1, 0.15) is 46.5 Å². The SMILES string of the molecule is CCN(CC)Cc1ccc(N/C(=C2\C(=O)Nc3ccc(C(=O)NCc4cccc(Cl)c4)cc32)c2ccccc2)cc1. The minimum atomic E-state index is -0.232. The number of anilines is 2. The molecule has 1 heterocycles. The number of fused-ring (bicyclic) bond motifs is 1. The zero-order chi connectivity index (χ0) is 28.8. The molecule has 1 aliphatic rings. The molecule has 1 aliphatic heterocycles. The predicted molar refractivity (Wildman–Crippen MR) is 168 cm³/mol. The van der Waals surface area contributed by atoms with Gasteiger partial charge in [-0.25, -0.2) is 0 Å². The lowest BCUT2D eigenvalue weighted by Crippen LogP contribution is -2.22. The van der Waals surface area contributed by atoms with Gasteiger partial charge in [-0.3, -0.25) is 14.5 Å². The molecule has 0 aliphatic carbocycles. The maximum Gasteiger partial charge on any atom is 0.258 e. The quantitative estimate of drug-likeness (QED) is 0.181. The van der Waals surface area contributed by atoms with E-state index in [1.807, 2.05) is 60.7 Å². The third kappa shape index (κ3) is 6.68. The van der Waals surface area contributed by atoms with Crippen LogP contribution < -0.4 is 16.0 Å². The second-order valence-electron chi connectivity index (χ2n) is 9.93. The first-order valence-corrected chi connectivity index (χ1v) is 14.2. The summed E-state index contributed by atoms with van der Waals surface area (Å²) in [6.07, 6.45) is 0. The summed E-state index contributed by atoms with van der Waals surface area (Å²) >= 11 is 6.08. The number of nitrogens with one attached hydrogen (secondary N) is 3. The van der Waals surface area contributed by atoms with Gasteiger partial charge in [0, 0.05) is 40.6 Å². The molecule has 2 amide bonds. The lowest BCUT2D eigenvalue weighted by atomic mass is 9.98. The molecule has 0 fully saturated rings. The van der Waals surface area contributed by atoms with Gasteiger partial charge in [0.15, 0.2) is 0 Å². The Hall–Kier alpha value is -4.39. The maximum atomic E-state index is 13.4. The molecule has 3 N–H and O–H groups in total. The Morgan fingerprint density at radius 3 is 2.29 bits per heavy atom. The number of hydrogen-bond donors (Lipinski definition) is 3. The van der Waals surface area contributed by atoms with E-state index in [9.17, 15) is 9.59 Å². The van der Waals surface area contributed by atoms with Crippen LogP contribution in [0.4, 0.5) is 11.4 Å². The summed E-state index contributed by atoms with van der Waals surface area (Å²) in [6.45, 7) is 7.55. The number of rotatable bonds is 10. The largest absolute Gasteiger partial charge is 0.354 e. The zero-order valence-electron chi connectivity index (χ0n) is 23.2. The Kier molecular flexibility index (Phi) is 8.82. The van der Waals surface area contributed by atoms with Gasteiger partial charge in [0.2, 0.25) is 0 Å². The maximum absolute atomic E-state index is 13.4. The van der Waals surface area contributed by atoms with Crippen molar-refractivity contribution in [3.05, 3.63) is 130 Å². The average molecular weight is 565 g/mol. The summed E-state index contributed by atoms with van der Waals surface area (Å²) in [7, 11) is 0. The normalized spacial score (nSPS) is 13.5. The first-order valence-electron chi connectivity index (χ1n) is 13.8. The highest BCUT2D eigenvalue weighted by atomic mass is 35.5. The van der Waals surface area contributed by atoms with Crippen LogP contribution in [0.15, 0.2) is 97.1 Å². The standard InChI is InChI=1S/C34H33ClN4O2/c1-3-39(4-2)22-23-13-16-28(17-14-23)37-32(25-10-6-5-7-11-25)31-29-20-26(15-18-30(29)38-34(31)41)33(40)36-21-24-9-8-12-27(35)19-24/h5-20,37H,3-4,21-22H2,1-2H3,(H,36,40)(H,38,41)/b32-31-.